The Morgan fingerprint density at radius 3 is 2.75 bits per heavy atom. The highest BCUT2D eigenvalue weighted by molar-refractivity contribution is 6.34. The number of benzene rings is 2. The number of ether oxygens (including phenoxy) is 1. The highest BCUT2D eigenvalue weighted by Crippen LogP contribution is 2.33. The Labute approximate surface area is 121 Å². The fraction of sp³-hybridized carbons (Fsp3) is 0.125. The zero-order chi connectivity index (χ0) is 14.1. The molecule has 0 spiro atoms. The van der Waals surface area contributed by atoms with Crippen molar-refractivity contribution in [1.82, 2.24) is 0 Å². The van der Waals surface area contributed by atoms with Crippen molar-refractivity contribution in [2.75, 3.05) is 7.11 Å². The summed E-state index contributed by atoms with van der Waals surface area (Å²) in [5.74, 6) is 1.55. The molecule has 1 aromatic heterocycles. The van der Waals surface area contributed by atoms with Gasteiger partial charge in [0.25, 0.3) is 0 Å². The molecule has 0 aliphatic heterocycles. The minimum absolute atomic E-state index is 0.415. The monoisotopic (exact) mass is 287 g/mol. The van der Waals surface area contributed by atoms with Gasteiger partial charge < -0.3 is 14.9 Å². The predicted molar refractivity (Wildman–Crippen MR) is 81.1 cm³/mol. The van der Waals surface area contributed by atoms with Crippen LogP contribution in [0.25, 0.3) is 22.3 Å². The fourth-order valence-corrected chi connectivity index (χ4v) is 2.48. The van der Waals surface area contributed by atoms with E-state index >= 15 is 0 Å². The quantitative estimate of drug-likeness (QED) is 0.784. The van der Waals surface area contributed by atoms with Crippen LogP contribution in [0.4, 0.5) is 0 Å². The van der Waals surface area contributed by atoms with Crippen LogP contribution in [0.15, 0.2) is 46.9 Å². The lowest BCUT2D eigenvalue weighted by Gasteiger charge is -2.07. The molecular formula is C16H14ClNO2. The molecule has 3 rings (SSSR count). The van der Waals surface area contributed by atoms with E-state index in [1.165, 1.54) is 0 Å². The van der Waals surface area contributed by atoms with Crippen molar-refractivity contribution < 1.29 is 9.15 Å². The van der Waals surface area contributed by atoms with E-state index in [2.05, 4.69) is 0 Å². The van der Waals surface area contributed by atoms with E-state index in [9.17, 15) is 0 Å². The van der Waals surface area contributed by atoms with E-state index in [1.54, 1.807) is 7.11 Å². The number of nitrogens with two attached hydrogens (primary N) is 1. The lowest BCUT2D eigenvalue weighted by atomic mass is 10.1. The summed E-state index contributed by atoms with van der Waals surface area (Å²) in [7, 11) is 1.63. The van der Waals surface area contributed by atoms with Crippen LogP contribution in [0.1, 0.15) is 5.56 Å². The van der Waals surface area contributed by atoms with Crippen LogP contribution in [-0.2, 0) is 6.54 Å². The van der Waals surface area contributed by atoms with Crippen molar-refractivity contribution in [2.45, 2.75) is 6.54 Å². The molecule has 0 saturated heterocycles. The lowest BCUT2D eigenvalue weighted by molar-refractivity contribution is 0.410. The van der Waals surface area contributed by atoms with Crippen LogP contribution >= 0.6 is 11.6 Å². The molecule has 0 aliphatic carbocycles. The van der Waals surface area contributed by atoms with Crippen LogP contribution < -0.4 is 10.5 Å². The van der Waals surface area contributed by atoms with Gasteiger partial charge in [-0.1, -0.05) is 23.7 Å². The summed E-state index contributed by atoms with van der Waals surface area (Å²) in [5, 5.41) is 1.60. The molecule has 0 unspecified atom stereocenters. The molecule has 0 aliphatic rings. The van der Waals surface area contributed by atoms with Crippen molar-refractivity contribution >= 4 is 22.6 Å². The lowest BCUT2D eigenvalue weighted by Crippen LogP contribution is -1.99. The van der Waals surface area contributed by atoms with E-state index in [0.29, 0.717) is 17.2 Å². The van der Waals surface area contributed by atoms with Crippen molar-refractivity contribution in [3.05, 3.63) is 53.1 Å². The summed E-state index contributed by atoms with van der Waals surface area (Å²) in [6.07, 6.45) is 0. The second-order valence-corrected chi connectivity index (χ2v) is 4.91. The molecule has 0 fully saturated rings. The number of hydrogen-bond acceptors (Lipinski definition) is 3. The zero-order valence-electron chi connectivity index (χ0n) is 11.0. The topological polar surface area (TPSA) is 48.4 Å². The maximum Gasteiger partial charge on any atom is 0.153 e. The maximum absolute atomic E-state index is 6.13. The SMILES string of the molecule is COc1ccc(-c2cc3cccc(Cl)c3o2)cc1CN. The number of methoxy groups -OCH3 is 1. The summed E-state index contributed by atoms with van der Waals surface area (Å²) >= 11 is 6.13. The van der Waals surface area contributed by atoms with E-state index in [0.717, 1.165) is 28.0 Å². The fourth-order valence-electron chi connectivity index (χ4n) is 2.26. The molecule has 3 aromatic rings. The molecule has 0 bridgehead atoms. The van der Waals surface area contributed by atoms with Crippen molar-refractivity contribution in [3.8, 4) is 17.1 Å². The Morgan fingerprint density at radius 1 is 1.20 bits per heavy atom. The van der Waals surface area contributed by atoms with Gasteiger partial charge in [0.15, 0.2) is 5.58 Å². The molecule has 0 radical (unpaired) electrons. The van der Waals surface area contributed by atoms with Gasteiger partial charge in [-0.2, -0.15) is 0 Å². The van der Waals surface area contributed by atoms with E-state index in [1.807, 2.05) is 42.5 Å². The number of furan rings is 1. The Morgan fingerprint density at radius 2 is 2.05 bits per heavy atom. The third-order valence-electron chi connectivity index (χ3n) is 3.28. The predicted octanol–water partition coefficient (Wildman–Crippen LogP) is 4.22. The van der Waals surface area contributed by atoms with Crippen LogP contribution in [-0.4, -0.2) is 7.11 Å². The first-order valence-corrected chi connectivity index (χ1v) is 6.66. The second-order valence-electron chi connectivity index (χ2n) is 4.50. The first-order chi connectivity index (χ1) is 9.72. The molecule has 3 nitrogen and oxygen atoms in total. The van der Waals surface area contributed by atoms with Gasteiger partial charge in [0.05, 0.1) is 12.1 Å². The number of halogens is 1. The van der Waals surface area contributed by atoms with E-state index < -0.39 is 0 Å². The van der Waals surface area contributed by atoms with Gasteiger partial charge >= 0.3 is 0 Å². The number of para-hydroxylation sites is 1. The first kappa shape index (κ1) is 13.0. The molecule has 0 atom stereocenters. The maximum atomic E-state index is 6.13. The number of fused-ring (bicyclic) bond motifs is 1. The van der Waals surface area contributed by atoms with Gasteiger partial charge in [-0.3, -0.25) is 0 Å². The molecule has 0 saturated carbocycles. The molecule has 4 heteroatoms. The Bertz CT molecular complexity index is 764. The highest BCUT2D eigenvalue weighted by atomic mass is 35.5. The Kier molecular flexibility index (Phi) is 3.38. The highest BCUT2D eigenvalue weighted by Gasteiger charge is 2.10. The smallest absolute Gasteiger partial charge is 0.153 e. The Balaban J connectivity index is 2.13. The summed E-state index contributed by atoms with van der Waals surface area (Å²) in [5.41, 5.74) is 8.34. The van der Waals surface area contributed by atoms with Gasteiger partial charge in [-0.15, -0.1) is 0 Å². The summed E-state index contributed by atoms with van der Waals surface area (Å²) < 4.78 is 11.1. The van der Waals surface area contributed by atoms with Crippen LogP contribution in [0, 0.1) is 0 Å². The molecule has 0 amide bonds. The minimum atomic E-state index is 0.415. The molecule has 2 N–H and O–H groups in total. The first-order valence-electron chi connectivity index (χ1n) is 6.28. The number of rotatable bonds is 3. The van der Waals surface area contributed by atoms with Crippen LogP contribution in [0.5, 0.6) is 5.75 Å². The molecule has 1 heterocycles. The van der Waals surface area contributed by atoms with Gasteiger partial charge in [-0.05, 0) is 30.3 Å². The van der Waals surface area contributed by atoms with Crippen LogP contribution in [0.3, 0.4) is 0 Å². The largest absolute Gasteiger partial charge is 0.496 e. The number of hydrogen-bond donors (Lipinski definition) is 1. The average molecular weight is 288 g/mol. The van der Waals surface area contributed by atoms with E-state index in [-0.39, 0.29) is 0 Å². The van der Waals surface area contributed by atoms with E-state index in [4.69, 9.17) is 26.5 Å². The third-order valence-corrected chi connectivity index (χ3v) is 3.58. The van der Waals surface area contributed by atoms with Gasteiger partial charge in [0.2, 0.25) is 0 Å². The molecule has 102 valence electrons. The normalized spacial score (nSPS) is 10.9. The minimum Gasteiger partial charge on any atom is -0.496 e. The average Bonchev–Trinajstić information content (AvgIpc) is 2.92. The summed E-state index contributed by atoms with van der Waals surface area (Å²) in [4.78, 5) is 0. The standard InChI is InChI=1S/C16H14ClNO2/c1-19-14-6-5-10(7-12(14)9-18)15-8-11-3-2-4-13(17)16(11)20-15/h2-8H,9,18H2,1H3. The van der Waals surface area contributed by atoms with Gasteiger partial charge in [-0.25, -0.2) is 0 Å². The van der Waals surface area contributed by atoms with Crippen molar-refractivity contribution in [2.24, 2.45) is 5.73 Å². The molecule has 20 heavy (non-hydrogen) atoms. The van der Waals surface area contributed by atoms with Crippen molar-refractivity contribution in [3.63, 3.8) is 0 Å². The van der Waals surface area contributed by atoms with Gasteiger partial charge in [0.1, 0.15) is 11.5 Å². The van der Waals surface area contributed by atoms with Crippen molar-refractivity contribution in [1.29, 1.82) is 0 Å². The summed E-state index contributed by atoms with van der Waals surface area (Å²) in [6, 6.07) is 13.5. The Hall–Kier alpha value is -1.97. The summed E-state index contributed by atoms with van der Waals surface area (Å²) in [6.45, 7) is 0.415. The second kappa shape index (κ2) is 5.19. The molecular weight excluding hydrogens is 274 g/mol. The zero-order valence-corrected chi connectivity index (χ0v) is 11.8. The van der Waals surface area contributed by atoms with Crippen LogP contribution in [0.2, 0.25) is 5.02 Å². The third kappa shape index (κ3) is 2.15. The molecule has 2 aromatic carbocycles. The van der Waals surface area contributed by atoms with Gasteiger partial charge in [0, 0.05) is 23.1 Å².